The topological polar surface area (TPSA) is 105 Å². The van der Waals surface area contributed by atoms with E-state index >= 15 is 0 Å². The fourth-order valence-electron chi connectivity index (χ4n) is 1.90. The number of carbonyl (C=O) groups is 4. The van der Waals surface area contributed by atoms with Gasteiger partial charge in [0.1, 0.15) is 13.2 Å². The molecular formula is C20H18Cl4O8. The fourth-order valence-corrected chi connectivity index (χ4v) is 2.91. The van der Waals surface area contributed by atoms with Crippen LogP contribution in [0.2, 0.25) is 20.1 Å². The monoisotopic (exact) mass is 526 g/mol. The highest BCUT2D eigenvalue weighted by molar-refractivity contribution is 6.54. The van der Waals surface area contributed by atoms with Crippen LogP contribution >= 0.6 is 46.4 Å². The minimum atomic E-state index is -1.24. The average Bonchev–Trinajstić information content (AvgIpc) is 2.73. The van der Waals surface area contributed by atoms with E-state index in [1.807, 2.05) is 0 Å². The van der Waals surface area contributed by atoms with E-state index in [2.05, 4.69) is 13.2 Å². The smallest absolute Gasteiger partial charge is 0.344 e. The van der Waals surface area contributed by atoms with Gasteiger partial charge in [-0.1, -0.05) is 59.6 Å². The summed E-state index contributed by atoms with van der Waals surface area (Å²) in [6.45, 7) is 8.61. The molecule has 0 fully saturated rings. The Morgan fingerprint density at radius 2 is 0.906 bits per heavy atom. The molecule has 0 aliphatic heterocycles. The fraction of sp³-hybridized carbons (Fsp3) is 0.300. The van der Waals surface area contributed by atoms with Gasteiger partial charge < -0.3 is 18.9 Å². The molecule has 1 aromatic rings. The van der Waals surface area contributed by atoms with Crippen LogP contribution in [0.4, 0.5) is 0 Å². The lowest BCUT2D eigenvalue weighted by atomic mass is 10.1. The molecule has 1 rings (SSSR count). The Morgan fingerprint density at radius 1 is 0.594 bits per heavy atom. The molecule has 32 heavy (non-hydrogen) atoms. The maximum atomic E-state index is 12.6. The lowest BCUT2D eigenvalue weighted by molar-refractivity contribution is -0.147. The SMILES string of the molecule is C=C(C)COC(=O)COC(=O)c1c(Cl)c(Cl)c(Cl)c(Cl)c1C(=O)OCC(=O)OCC(=C)C. The molecule has 12 heteroatoms. The van der Waals surface area contributed by atoms with Crippen molar-refractivity contribution in [1.29, 1.82) is 0 Å². The van der Waals surface area contributed by atoms with Gasteiger partial charge in [-0.25, -0.2) is 19.2 Å². The third kappa shape index (κ3) is 8.02. The van der Waals surface area contributed by atoms with E-state index in [4.69, 9.17) is 65.4 Å². The quantitative estimate of drug-likeness (QED) is 0.140. The van der Waals surface area contributed by atoms with E-state index in [1.165, 1.54) is 0 Å². The van der Waals surface area contributed by atoms with Crippen LogP contribution in [-0.2, 0) is 28.5 Å². The van der Waals surface area contributed by atoms with Gasteiger partial charge in [0.15, 0.2) is 13.2 Å². The first-order valence-corrected chi connectivity index (χ1v) is 10.2. The second-order valence-electron chi connectivity index (χ2n) is 6.39. The first-order chi connectivity index (χ1) is 14.9. The molecule has 0 bridgehead atoms. The van der Waals surface area contributed by atoms with Gasteiger partial charge in [-0.15, -0.1) is 0 Å². The van der Waals surface area contributed by atoms with Crippen molar-refractivity contribution in [2.75, 3.05) is 26.4 Å². The summed E-state index contributed by atoms with van der Waals surface area (Å²) in [7, 11) is 0. The van der Waals surface area contributed by atoms with Crippen molar-refractivity contribution in [3.05, 3.63) is 55.5 Å². The summed E-state index contributed by atoms with van der Waals surface area (Å²) in [6, 6.07) is 0. The predicted molar refractivity (Wildman–Crippen MR) is 119 cm³/mol. The number of halogens is 4. The Balaban J connectivity index is 3.10. The van der Waals surface area contributed by atoms with Crippen molar-refractivity contribution >= 4 is 70.3 Å². The summed E-state index contributed by atoms with van der Waals surface area (Å²) in [5, 5.41) is -1.63. The van der Waals surface area contributed by atoms with Crippen LogP contribution in [0.5, 0.6) is 0 Å². The van der Waals surface area contributed by atoms with E-state index in [1.54, 1.807) is 13.8 Å². The van der Waals surface area contributed by atoms with Crippen LogP contribution in [0, 0.1) is 0 Å². The highest BCUT2D eigenvalue weighted by Gasteiger charge is 2.31. The largest absolute Gasteiger partial charge is 0.459 e. The zero-order valence-electron chi connectivity index (χ0n) is 17.0. The maximum absolute atomic E-state index is 12.6. The van der Waals surface area contributed by atoms with Crippen LogP contribution < -0.4 is 0 Å². The molecular weight excluding hydrogens is 510 g/mol. The minimum absolute atomic E-state index is 0.0746. The number of esters is 4. The zero-order valence-corrected chi connectivity index (χ0v) is 20.0. The number of ether oxygens (including phenoxy) is 4. The summed E-state index contributed by atoms with van der Waals surface area (Å²) in [6.07, 6.45) is 0. The van der Waals surface area contributed by atoms with E-state index < -0.39 is 58.3 Å². The Morgan fingerprint density at radius 3 is 1.19 bits per heavy atom. The maximum Gasteiger partial charge on any atom is 0.344 e. The van der Waals surface area contributed by atoms with Gasteiger partial charge in [-0.3, -0.25) is 0 Å². The summed E-state index contributed by atoms with van der Waals surface area (Å²) < 4.78 is 19.3. The molecule has 0 N–H and O–H groups in total. The highest BCUT2D eigenvalue weighted by Crippen LogP contribution is 2.42. The van der Waals surface area contributed by atoms with Crippen LogP contribution in [0.3, 0.4) is 0 Å². The number of carbonyl (C=O) groups excluding carboxylic acids is 4. The van der Waals surface area contributed by atoms with Crippen molar-refractivity contribution in [3.8, 4) is 0 Å². The average molecular weight is 528 g/mol. The minimum Gasteiger partial charge on any atom is -0.459 e. The summed E-state index contributed by atoms with van der Waals surface area (Å²) in [4.78, 5) is 48.5. The molecule has 0 aliphatic rings. The number of benzene rings is 1. The Hall–Kier alpha value is -2.26. The predicted octanol–water partition coefficient (Wildman–Crippen LogP) is 4.85. The second-order valence-corrected chi connectivity index (χ2v) is 7.91. The van der Waals surface area contributed by atoms with Crippen molar-refractivity contribution in [3.63, 3.8) is 0 Å². The lowest BCUT2D eigenvalue weighted by Gasteiger charge is -2.15. The standard InChI is InChI=1S/C20H18Cl4O8/c1-9(2)5-29-11(25)7-31-19(27)13-14(16(22)18(24)17(23)15(13)21)20(28)32-8-12(26)30-6-10(3)4/h1,3,5-8H2,2,4H3. The van der Waals surface area contributed by atoms with Crippen LogP contribution in [0.25, 0.3) is 0 Å². The normalized spacial score (nSPS) is 10.2. The van der Waals surface area contributed by atoms with Crippen LogP contribution in [0.1, 0.15) is 34.6 Å². The molecule has 0 saturated carbocycles. The number of rotatable bonds is 10. The van der Waals surface area contributed by atoms with E-state index in [0.717, 1.165) is 0 Å². The number of hydrogen-bond acceptors (Lipinski definition) is 8. The van der Waals surface area contributed by atoms with Crippen molar-refractivity contribution in [2.24, 2.45) is 0 Å². The van der Waals surface area contributed by atoms with E-state index in [-0.39, 0.29) is 23.3 Å². The molecule has 0 saturated heterocycles. The van der Waals surface area contributed by atoms with E-state index in [0.29, 0.717) is 11.1 Å². The van der Waals surface area contributed by atoms with Gasteiger partial charge in [0.05, 0.1) is 31.2 Å². The van der Waals surface area contributed by atoms with Crippen molar-refractivity contribution in [2.45, 2.75) is 13.8 Å². The van der Waals surface area contributed by atoms with Gasteiger partial charge in [0.2, 0.25) is 0 Å². The van der Waals surface area contributed by atoms with Gasteiger partial charge >= 0.3 is 23.9 Å². The Bertz CT molecular complexity index is 894. The molecule has 0 radical (unpaired) electrons. The molecule has 8 nitrogen and oxygen atoms in total. The summed E-state index contributed by atoms with van der Waals surface area (Å²) in [5.74, 6) is -4.24. The Labute approximate surface area is 203 Å². The zero-order chi connectivity index (χ0) is 24.6. The van der Waals surface area contributed by atoms with Gasteiger partial charge in [-0.05, 0) is 25.0 Å². The molecule has 0 amide bonds. The second kappa shape index (κ2) is 12.7. The lowest BCUT2D eigenvalue weighted by Crippen LogP contribution is -2.22. The molecule has 0 atom stereocenters. The number of hydrogen-bond donors (Lipinski definition) is 0. The third-order valence-corrected chi connectivity index (χ3v) is 5.08. The van der Waals surface area contributed by atoms with Crippen LogP contribution in [-0.4, -0.2) is 50.3 Å². The molecule has 0 spiro atoms. The molecule has 174 valence electrons. The molecule has 1 aromatic carbocycles. The molecule has 0 aromatic heterocycles. The third-order valence-electron chi connectivity index (χ3n) is 3.28. The first kappa shape index (κ1) is 27.8. The summed E-state index contributed by atoms with van der Waals surface area (Å²) in [5.41, 5.74) is -0.0928. The van der Waals surface area contributed by atoms with Gasteiger partial charge in [0.25, 0.3) is 0 Å². The van der Waals surface area contributed by atoms with Gasteiger partial charge in [-0.2, -0.15) is 0 Å². The molecule has 0 unspecified atom stereocenters. The van der Waals surface area contributed by atoms with Crippen molar-refractivity contribution < 1.29 is 38.1 Å². The Kier molecular flexibility index (Phi) is 11.0. The van der Waals surface area contributed by atoms with Crippen LogP contribution in [0.15, 0.2) is 24.3 Å². The van der Waals surface area contributed by atoms with E-state index in [9.17, 15) is 19.2 Å². The van der Waals surface area contributed by atoms with Gasteiger partial charge in [0, 0.05) is 0 Å². The van der Waals surface area contributed by atoms with Crippen molar-refractivity contribution in [1.82, 2.24) is 0 Å². The molecule has 0 aliphatic carbocycles. The summed E-state index contributed by atoms with van der Waals surface area (Å²) >= 11 is 24.1. The molecule has 0 heterocycles. The highest BCUT2D eigenvalue weighted by atomic mass is 35.5. The first-order valence-electron chi connectivity index (χ1n) is 8.66.